The van der Waals surface area contributed by atoms with Crippen molar-refractivity contribution in [3.63, 3.8) is 0 Å². The van der Waals surface area contributed by atoms with E-state index in [4.69, 9.17) is 21.4 Å². The van der Waals surface area contributed by atoms with Crippen molar-refractivity contribution in [2.24, 2.45) is 28.8 Å². The molecule has 0 bridgehead atoms. The number of nitrogens with two attached hydrogens (primary N) is 2. The number of hydrogen-bond donors (Lipinski definition) is 6. The van der Waals surface area contributed by atoms with E-state index in [1.807, 2.05) is 0 Å². The predicted octanol–water partition coefficient (Wildman–Crippen LogP) is -1.83. The Hall–Kier alpha value is -2.24. The van der Waals surface area contributed by atoms with Gasteiger partial charge in [-0.1, -0.05) is 13.8 Å². The lowest BCUT2D eigenvalue weighted by Gasteiger charge is -2.16. The minimum atomic E-state index is -1.09. The van der Waals surface area contributed by atoms with E-state index in [1.54, 1.807) is 20.8 Å². The fourth-order valence-corrected chi connectivity index (χ4v) is 2.92. The second-order valence-corrected chi connectivity index (χ2v) is 7.13. The zero-order chi connectivity index (χ0) is 20.8. The highest BCUT2D eigenvalue weighted by molar-refractivity contribution is 5.90. The summed E-state index contributed by atoms with van der Waals surface area (Å²) in [7, 11) is 0. The van der Waals surface area contributed by atoms with Crippen molar-refractivity contribution >= 4 is 23.7 Å². The predicted molar refractivity (Wildman–Crippen MR) is 93.6 cm³/mol. The van der Waals surface area contributed by atoms with Crippen LogP contribution < -0.4 is 27.9 Å². The molecule has 3 amide bonds. The van der Waals surface area contributed by atoms with Crippen LogP contribution >= 0.6 is 0 Å². The Morgan fingerprint density at radius 3 is 2.41 bits per heavy atom. The molecule has 27 heavy (non-hydrogen) atoms. The number of amides is 3. The standard InChI is InChI=1S/C16H29N5O6/c1-8(6-11(17)22)27-13(24)5-4-12(23)20-21-15(26)16(3)7-10(16)9(2)14(25)19-18/h8-11,22H,4-7,17-18H2,1-3H3,(H,19,25)(H,20,23)(H,21,26). The first kappa shape index (κ1) is 22.8. The molecular weight excluding hydrogens is 358 g/mol. The van der Waals surface area contributed by atoms with Crippen LogP contribution in [0.25, 0.3) is 0 Å². The van der Waals surface area contributed by atoms with Gasteiger partial charge in [-0.2, -0.15) is 0 Å². The molecule has 0 aromatic rings. The smallest absolute Gasteiger partial charge is 0.306 e. The van der Waals surface area contributed by atoms with Crippen LogP contribution in [0.1, 0.15) is 46.5 Å². The molecule has 8 N–H and O–H groups in total. The van der Waals surface area contributed by atoms with Gasteiger partial charge in [-0.05, 0) is 19.3 Å². The fourth-order valence-electron chi connectivity index (χ4n) is 2.92. The minimum absolute atomic E-state index is 0.0916. The molecule has 5 unspecified atom stereocenters. The molecule has 0 aliphatic heterocycles. The molecule has 0 spiro atoms. The van der Waals surface area contributed by atoms with Crippen LogP contribution in [0.4, 0.5) is 0 Å². The maximum atomic E-state index is 12.2. The van der Waals surface area contributed by atoms with Crippen LogP contribution in [0.2, 0.25) is 0 Å². The van der Waals surface area contributed by atoms with Crippen LogP contribution in [0.5, 0.6) is 0 Å². The van der Waals surface area contributed by atoms with Crippen molar-refractivity contribution in [2.45, 2.75) is 58.8 Å². The fraction of sp³-hybridized carbons (Fsp3) is 0.750. The third kappa shape index (κ3) is 6.77. The summed E-state index contributed by atoms with van der Waals surface area (Å²) in [6.07, 6.45) is -1.42. The lowest BCUT2D eigenvalue weighted by atomic mass is 9.96. The number of rotatable bonds is 9. The van der Waals surface area contributed by atoms with E-state index in [-0.39, 0.29) is 31.1 Å². The van der Waals surface area contributed by atoms with E-state index in [2.05, 4.69) is 16.3 Å². The van der Waals surface area contributed by atoms with Gasteiger partial charge in [-0.3, -0.25) is 35.5 Å². The molecule has 0 heterocycles. The number of ether oxygens (including phenoxy) is 1. The topological polar surface area (TPSA) is 186 Å². The average molecular weight is 387 g/mol. The van der Waals surface area contributed by atoms with Gasteiger partial charge in [-0.15, -0.1) is 0 Å². The number of aliphatic hydroxyl groups is 1. The van der Waals surface area contributed by atoms with E-state index in [0.717, 1.165) is 0 Å². The van der Waals surface area contributed by atoms with Crippen LogP contribution in [0, 0.1) is 17.3 Å². The van der Waals surface area contributed by atoms with E-state index in [9.17, 15) is 19.2 Å². The number of carbonyl (C=O) groups excluding carboxylic acids is 4. The Bertz CT molecular complexity index is 584. The molecule has 0 radical (unpaired) electrons. The van der Waals surface area contributed by atoms with E-state index in [1.165, 1.54) is 0 Å². The first-order valence-electron chi connectivity index (χ1n) is 8.74. The molecule has 1 fully saturated rings. The summed E-state index contributed by atoms with van der Waals surface area (Å²) in [5.74, 6) is 2.57. The van der Waals surface area contributed by atoms with Crippen molar-refractivity contribution in [1.82, 2.24) is 16.3 Å². The van der Waals surface area contributed by atoms with Crippen molar-refractivity contribution in [1.29, 1.82) is 0 Å². The first-order chi connectivity index (χ1) is 12.5. The van der Waals surface area contributed by atoms with Gasteiger partial charge < -0.3 is 15.6 Å². The molecule has 1 aliphatic rings. The summed E-state index contributed by atoms with van der Waals surface area (Å²) in [6.45, 7) is 4.96. The van der Waals surface area contributed by atoms with Gasteiger partial charge in [0.05, 0.1) is 11.8 Å². The largest absolute Gasteiger partial charge is 0.462 e. The van der Waals surface area contributed by atoms with Gasteiger partial charge in [0.2, 0.25) is 17.7 Å². The zero-order valence-electron chi connectivity index (χ0n) is 15.8. The SMILES string of the molecule is CC(CC(N)O)OC(=O)CCC(=O)NNC(=O)C1(C)CC1C(C)C(=O)NN. The molecule has 1 aliphatic carbocycles. The number of hydrazine groups is 2. The average Bonchev–Trinajstić information content (AvgIpc) is 3.28. The highest BCUT2D eigenvalue weighted by atomic mass is 16.5. The molecule has 154 valence electrons. The number of aliphatic hydroxyl groups excluding tert-OH is 1. The van der Waals surface area contributed by atoms with Crippen molar-refractivity contribution < 1.29 is 29.0 Å². The minimum Gasteiger partial charge on any atom is -0.462 e. The monoisotopic (exact) mass is 387 g/mol. The molecule has 1 saturated carbocycles. The van der Waals surface area contributed by atoms with E-state index < -0.39 is 41.4 Å². The molecule has 11 heteroatoms. The summed E-state index contributed by atoms with van der Waals surface area (Å²) in [6, 6.07) is 0. The summed E-state index contributed by atoms with van der Waals surface area (Å²) in [4.78, 5) is 47.1. The maximum Gasteiger partial charge on any atom is 0.306 e. The van der Waals surface area contributed by atoms with Gasteiger partial charge in [-0.25, -0.2) is 5.84 Å². The zero-order valence-corrected chi connectivity index (χ0v) is 15.8. The molecule has 0 saturated heterocycles. The summed E-state index contributed by atoms with van der Waals surface area (Å²) in [5, 5.41) is 9.00. The first-order valence-corrected chi connectivity index (χ1v) is 8.74. The molecule has 11 nitrogen and oxygen atoms in total. The Labute approximate surface area is 157 Å². The Balaban J connectivity index is 2.31. The number of nitrogens with one attached hydrogen (secondary N) is 3. The van der Waals surface area contributed by atoms with Crippen molar-refractivity contribution in [2.75, 3.05) is 0 Å². The number of carbonyl (C=O) groups is 4. The van der Waals surface area contributed by atoms with Gasteiger partial charge in [0.15, 0.2) is 0 Å². The molecule has 0 aromatic heterocycles. The Morgan fingerprint density at radius 2 is 1.85 bits per heavy atom. The number of hydrogen-bond acceptors (Lipinski definition) is 8. The second kappa shape index (κ2) is 9.62. The van der Waals surface area contributed by atoms with Gasteiger partial charge >= 0.3 is 5.97 Å². The van der Waals surface area contributed by atoms with Crippen LogP contribution in [0.15, 0.2) is 0 Å². The number of esters is 1. The molecular formula is C16H29N5O6. The normalized spacial score (nSPS) is 24.1. The molecule has 1 rings (SSSR count). The molecule has 0 aromatic carbocycles. The van der Waals surface area contributed by atoms with Gasteiger partial charge in [0.25, 0.3) is 0 Å². The lowest BCUT2D eigenvalue weighted by Crippen LogP contribution is -2.46. The highest BCUT2D eigenvalue weighted by Crippen LogP contribution is 2.56. The third-order valence-corrected chi connectivity index (χ3v) is 4.76. The van der Waals surface area contributed by atoms with Gasteiger partial charge in [0, 0.05) is 18.8 Å². The van der Waals surface area contributed by atoms with Gasteiger partial charge in [0.1, 0.15) is 12.3 Å². The highest BCUT2D eigenvalue weighted by Gasteiger charge is 2.59. The third-order valence-electron chi connectivity index (χ3n) is 4.76. The summed E-state index contributed by atoms with van der Waals surface area (Å²) < 4.78 is 4.98. The maximum absolute atomic E-state index is 12.2. The van der Waals surface area contributed by atoms with Crippen molar-refractivity contribution in [3.8, 4) is 0 Å². The van der Waals surface area contributed by atoms with Crippen LogP contribution in [-0.4, -0.2) is 41.1 Å². The summed E-state index contributed by atoms with van der Waals surface area (Å²) >= 11 is 0. The quantitative estimate of drug-likeness (QED) is 0.0876. The van der Waals surface area contributed by atoms with E-state index in [0.29, 0.717) is 6.42 Å². The molecule has 5 atom stereocenters. The van der Waals surface area contributed by atoms with Crippen LogP contribution in [0.3, 0.4) is 0 Å². The van der Waals surface area contributed by atoms with Crippen molar-refractivity contribution in [3.05, 3.63) is 0 Å². The second-order valence-electron chi connectivity index (χ2n) is 7.13. The lowest BCUT2D eigenvalue weighted by molar-refractivity contribution is -0.150. The Kier molecular flexibility index (Phi) is 8.13. The van der Waals surface area contributed by atoms with Crippen LogP contribution in [-0.2, 0) is 23.9 Å². The van der Waals surface area contributed by atoms with E-state index >= 15 is 0 Å². The summed E-state index contributed by atoms with van der Waals surface area (Å²) in [5.41, 5.74) is 11.0. The Morgan fingerprint density at radius 1 is 1.22 bits per heavy atom.